The Morgan fingerprint density at radius 2 is 1.64 bits per heavy atom. The first-order chi connectivity index (χ1) is 10.1. The molecule has 2 aliphatic carbocycles. The topological polar surface area (TPSA) is 46.3 Å². The van der Waals surface area contributed by atoms with Crippen molar-refractivity contribution in [2.24, 2.45) is 29.4 Å². The van der Waals surface area contributed by atoms with Crippen molar-refractivity contribution in [2.45, 2.75) is 70.8 Å². The molecule has 1 amide bonds. The van der Waals surface area contributed by atoms with E-state index in [0.29, 0.717) is 17.7 Å². The van der Waals surface area contributed by atoms with Crippen LogP contribution in [-0.2, 0) is 4.79 Å². The molecule has 4 atom stereocenters. The Balaban J connectivity index is 0.00000176. The molecule has 2 N–H and O–H groups in total. The van der Waals surface area contributed by atoms with Gasteiger partial charge in [0, 0.05) is 25.0 Å². The minimum Gasteiger partial charge on any atom is -0.342 e. The smallest absolute Gasteiger partial charge is 0.225 e. The van der Waals surface area contributed by atoms with E-state index in [0.717, 1.165) is 44.2 Å². The number of nitrogens with zero attached hydrogens (tertiary/aromatic N) is 1. The maximum atomic E-state index is 12.8. The van der Waals surface area contributed by atoms with Gasteiger partial charge >= 0.3 is 0 Å². The summed E-state index contributed by atoms with van der Waals surface area (Å²) in [7, 11) is 0. The highest BCUT2D eigenvalue weighted by molar-refractivity contribution is 5.85. The molecule has 3 rings (SSSR count). The number of hydrogen-bond acceptors (Lipinski definition) is 2. The molecule has 2 saturated carbocycles. The lowest BCUT2D eigenvalue weighted by molar-refractivity contribution is -0.139. The molecule has 4 heteroatoms. The SMILES string of the molecule is CC(N)C1CCN(C(=O)C2CCC3CCCCC3C2)CC1.Cl. The summed E-state index contributed by atoms with van der Waals surface area (Å²) in [4.78, 5) is 14.9. The maximum Gasteiger partial charge on any atom is 0.225 e. The van der Waals surface area contributed by atoms with Gasteiger partial charge in [0.05, 0.1) is 0 Å². The number of nitrogens with two attached hydrogens (primary N) is 1. The van der Waals surface area contributed by atoms with Gasteiger partial charge in [-0.15, -0.1) is 12.4 Å². The summed E-state index contributed by atoms with van der Waals surface area (Å²) >= 11 is 0. The molecular weight excluding hydrogens is 296 g/mol. The van der Waals surface area contributed by atoms with Crippen LogP contribution in [0.1, 0.15) is 64.7 Å². The van der Waals surface area contributed by atoms with Gasteiger partial charge in [-0.05, 0) is 56.8 Å². The molecule has 0 aromatic rings. The van der Waals surface area contributed by atoms with Crippen LogP contribution in [0.15, 0.2) is 0 Å². The average molecular weight is 329 g/mol. The van der Waals surface area contributed by atoms with Crippen LogP contribution in [0.4, 0.5) is 0 Å². The molecule has 0 bridgehead atoms. The fourth-order valence-electron chi connectivity index (χ4n) is 5.00. The summed E-state index contributed by atoms with van der Waals surface area (Å²) in [5.41, 5.74) is 6.00. The van der Waals surface area contributed by atoms with Crippen LogP contribution in [0.2, 0.25) is 0 Å². The van der Waals surface area contributed by atoms with Crippen LogP contribution in [0.3, 0.4) is 0 Å². The van der Waals surface area contributed by atoms with Crippen LogP contribution in [0.5, 0.6) is 0 Å². The quantitative estimate of drug-likeness (QED) is 0.841. The Hall–Kier alpha value is -0.280. The van der Waals surface area contributed by atoms with Crippen LogP contribution in [-0.4, -0.2) is 29.9 Å². The van der Waals surface area contributed by atoms with Gasteiger partial charge in [-0.25, -0.2) is 0 Å². The Bertz CT molecular complexity index is 366. The second kappa shape index (κ2) is 8.01. The summed E-state index contributed by atoms with van der Waals surface area (Å²) in [5.74, 6) is 3.19. The first-order valence-corrected chi connectivity index (χ1v) is 9.19. The van der Waals surface area contributed by atoms with Gasteiger partial charge in [-0.2, -0.15) is 0 Å². The second-order valence-corrected chi connectivity index (χ2v) is 7.84. The van der Waals surface area contributed by atoms with Crippen LogP contribution in [0, 0.1) is 23.7 Å². The molecule has 3 aliphatic rings. The van der Waals surface area contributed by atoms with E-state index in [2.05, 4.69) is 11.8 Å². The third-order valence-corrected chi connectivity index (χ3v) is 6.48. The van der Waals surface area contributed by atoms with E-state index < -0.39 is 0 Å². The minimum atomic E-state index is 0. The Kier molecular flexibility index (Phi) is 6.58. The summed E-state index contributed by atoms with van der Waals surface area (Å²) < 4.78 is 0. The number of carbonyl (C=O) groups is 1. The van der Waals surface area contributed by atoms with Crippen molar-refractivity contribution in [3.63, 3.8) is 0 Å². The number of likely N-dealkylation sites (tertiary alicyclic amines) is 1. The van der Waals surface area contributed by atoms with Gasteiger partial charge in [0.2, 0.25) is 5.91 Å². The van der Waals surface area contributed by atoms with Crippen molar-refractivity contribution in [1.29, 1.82) is 0 Å². The fourth-order valence-corrected chi connectivity index (χ4v) is 5.00. The minimum absolute atomic E-state index is 0. The summed E-state index contributed by atoms with van der Waals surface area (Å²) in [5, 5.41) is 0. The Labute approximate surface area is 141 Å². The Morgan fingerprint density at radius 3 is 2.27 bits per heavy atom. The molecule has 1 aliphatic heterocycles. The van der Waals surface area contributed by atoms with Gasteiger partial charge in [-0.1, -0.05) is 25.7 Å². The van der Waals surface area contributed by atoms with E-state index in [4.69, 9.17) is 5.73 Å². The third-order valence-electron chi connectivity index (χ3n) is 6.48. The summed E-state index contributed by atoms with van der Waals surface area (Å²) in [6, 6.07) is 0.278. The zero-order chi connectivity index (χ0) is 14.8. The average Bonchev–Trinajstić information content (AvgIpc) is 2.54. The third kappa shape index (κ3) is 3.97. The van der Waals surface area contributed by atoms with E-state index in [1.54, 1.807) is 0 Å². The van der Waals surface area contributed by atoms with Crippen molar-refractivity contribution < 1.29 is 4.79 Å². The van der Waals surface area contributed by atoms with E-state index in [-0.39, 0.29) is 18.4 Å². The monoisotopic (exact) mass is 328 g/mol. The molecule has 22 heavy (non-hydrogen) atoms. The molecular formula is C18H33ClN2O. The predicted molar refractivity (Wildman–Crippen MR) is 93.0 cm³/mol. The van der Waals surface area contributed by atoms with Crippen LogP contribution >= 0.6 is 12.4 Å². The number of fused-ring (bicyclic) bond motifs is 1. The van der Waals surface area contributed by atoms with E-state index in [9.17, 15) is 4.79 Å². The molecule has 0 spiro atoms. The van der Waals surface area contributed by atoms with Crippen molar-refractivity contribution in [3.05, 3.63) is 0 Å². The van der Waals surface area contributed by atoms with Gasteiger partial charge in [0.15, 0.2) is 0 Å². The number of hydrogen-bond donors (Lipinski definition) is 1. The number of rotatable bonds is 2. The van der Waals surface area contributed by atoms with Crippen molar-refractivity contribution in [3.8, 4) is 0 Å². The van der Waals surface area contributed by atoms with E-state index >= 15 is 0 Å². The lowest BCUT2D eigenvalue weighted by Crippen LogP contribution is -2.46. The van der Waals surface area contributed by atoms with Crippen LogP contribution in [0.25, 0.3) is 0 Å². The molecule has 0 aromatic heterocycles. The highest BCUT2D eigenvalue weighted by Crippen LogP contribution is 2.43. The lowest BCUT2D eigenvalue weighted by atomic mass is 9.67. The zero-order valence-corrected chi connectivity index (χ0v) is 14.8. The summed E-state index contributed by atoms with van der Waals surface area (Å²) in [6.45, 7) is 3.98. The number of halogens is 1. The second-order valence-electron chi connectivity index (χ2n) is 7.84. The van der Waals surface area contributed by atoms with Gasteiger partial charge in [0.25, 0.3) is 0 Å². The van der Waals surface area contributed by atoms with Gasteiger partial charge in [-0.3, -0.25) is 4.79 Å². The molecule has 0 radical (unpaired) electrons. The van der Waals surface area contributed by atoms with Crippen molar-refractivity contribution >= 4 is 18.3 Å². The molecule has 4 unspecified atom stereocenters. The first kappa shape index (κ1) is 18.1. The van der Waals surface area contributed by atoms with Crippen molar-refractivity contribution in [2.75, 3.05) is 13.1 Å². The first-order valence-electron chi connectivity index (χ1n) is 9.19. The van der Waals surface area contributed by atoms with Gasteiger partial charge in [0.1, 0.15) is 0 Å². The molecule has 1 saturated heterocycles. The molecule has 128 valence electrons. The normalized spacial score (nSPS) is 34.5. The standard InChI is InChI=1S/C18H32N2O.ClH/c1-13(19)14-8-10-20(11-9-14)18(21)17-7-6-15-4-2-3-5-16(15)12-17;/h13-17H,2-12,19H2,1H3;1H. The van der Waals surface area contributed by atoms with Crippen molar-refractivity contribution in [1.82, 2.24) is 4.90 Å². The Morgan fingerprint density at radius 1 is 1.00 bits per heavy atom. The predicted octanol–water partition coefficient (Wildman–Crippen LogP) is 3.60. The number of piperidine rings is 1. The largest absolute Gasteiger partial charge is 0.342 e. The highest BCUT2D eigenvalue weighted by atomic mass is 35.5. The molecule has 0 aromatic carbocycles. The van der Waals surface area contributed by atoms with E-state index in [1.807, 2.05) is 0 Å². The molecule has 3 fully saturated rings. The van der Waals surface area contributed by atoms with Gasteiger partial charge < -0.3 is 10.6 Å². The maximum absolute atomic E-state index is 12.8. The fraction of sp³-hybridized carbons (Fsp3) is 0.944. The van der Waals surface area contributed by atoms with Crippen LogP contribution < -0.4 is 5.73 Å². The number of amides is 1. The summed E-state index contributed by atoms with van der Waals surface area (Å²) in [6.07, 6.45) is 11.4. The van der Waals surface area contributed by atoms with E-state index in [1.165, 1.54) is 38.5 Å². The number of carbonyl (C=O) groups excluding carboxylic acids is 1. The highest BCUT2D eigenvalue weighted by Gasteiger charge is 2.37. The molecule has 3 nitrogen and oxygen atoms in total. The molecule has 1 heterocycles. The zero-order valence-electron chi connectivity index (χ0n) is 14.0. The lowest BCUT2D eigenvalue weighted by Gasteiger charge is -2.41.